The van der Waals surface area contributed by atoms with Gasteiger partial charge in [-0.05, 0) is 19.8 Å². The van der Waals surface area contributed by atoms with Crippen LogP contribution in [0.4, 0.5) is 5.13 Å². The van der Waals surface area contributed by atoms with Crippen LogP contribution >= 0.6 is 11.3 Å². The van der Waals surface area contributed by atoms with Crippen LogP contribution < -0.4 is 4.90 Å². The van der Waals surface area contributed by atoms with Crippen LogP contribution in [0.25, 0.3) is 0 Å². The van der Waals surface area contributed by atoms with Crippen molar-refractivity contribution in [2.24, 2.45) is 0 Å². The summed E-state index contributed by atoms with van der Waals surface area (Å²) in [5, 5.41) is 10.3. The minimum atomic E-state index is -0.256. The van der Waals surface area contributed by atoms with E-state index in [9.17, 15) is 9.90 Å². The molecule has 1 saturated heterocycles. The molecule has 2 heterocycles. The molecule has 1 aromatic heterocycles. The smallest absolute Gasteiger partial charge is 0.265 e. The molecular formula is C12H19N3O2S. The van der Waals surface area contributed by atoms with Crippen LogP contribution in [0.15, 0.2) is 0 Å². The Hall–Kier alpha value is -1.14. The monoisotopic (exact) mass is 269 g/mol. The van der Waals surface area contributed by atoms with Crippen molar-refractivity contribution in [2.45, 2.75) is 25.9 Å². The molecule has 1 amide bonds. The third-order valence-electron chi connectivity index (χ3n) is 3.11. The summed E-state index contributed by atoms with van der Waals surface area (Å²) in [6, 6.07) is 0. The standard InChI is InChI=1S/C12H19N3O2S/c1-8-10(18-12(13-8)14(2)3)11(17)15-6-4-9(16)5-7-15/h9,16H,4-7H2,1-3H3. The Balaban J connectivity index is 2.13. The number of carbonyl (C=O) groups is 1. The average Bonchev–Trinajstić information content (AvgIpc) is 2.71. The Labute approximate surface area is 111 Å². The van der Waals surface area contributed by atoms with Gasteiger partial charge in [-0.3, -0.25) is 4.79 Å². The predicted molar refractivity (Wildman–Crippen MR) is 72.3 cm³/mol. The van der Waals surface area contributed by atoms with Gasteiger partial charge in [0.25, 0.3) is 5.91 Å². The molecule has 0 aromatic carbocycles. The summed E-state index contributed by atoms with van der Waals surface area (Å²) in [7, 11) is 3.84. The van der Waals surface area contributed by atoms with Gasteiger partial charge in [0.15, 0.2) is 5.13 Å². The second kappa shape index (κ2) is 5.24. The highest BCUT2D eigenvalue weighted by Crippen LogP contribution is 2.26. The Bertz CT molecular complexity index is 437. The number of piperidine rings is 1. The van der Waals surface area contributed by atoms with Gasteiger partial charge in [0.1, 0.15) is 4.88 Å². The molecule has 0 atom stereocenters. The van der Waals surface area contributed by atoms with Gasteiger partial charge in [-0.15, -0.1) is 0 Å². The number of aromatic nitrogens is 1. The number of amides is 1. The molecule has 0 unspecified atom stereocenters. The fourth-order valence-electron chi connectivity index (χ4n) is 1.98. The first-order valence-corrected chi connectivity index (χ1v) is 6.92. The Morgan fingerprint density at radius 2 is 2.06 bits per heavy atom. The summed E-state index contributed by atoms with van der Waals surface area (Å²) in [6.45, 7) is 3.14. The van der Waals surface area contributed by atoms with Crippen molar-refractivity contribution in [1.29, 1.82) is 0 Å². The molecule has 6 heteroatoms. The number of aliphatic hydroxyl groups is 1. The molecule has 0 aliphatic carbocycles. The van der Waals surface area contributed by atoms with Crippen molar-refractivity contribution in [2.75, 3.05) is 32.1 Å². The first kappa shape index (κ1) is 13.3. The number of rotatable bonds is 2. The van der Waals surface area contributed by atoms with E-state index in [1.807, 2.05) is 30.8 Å². The predicted octanol–water partition coefficient (Wildman–Crippen LogP) is 1.11. The quantitative estimate of drug-likeness (QED) is 0.874. The van der Waals surface area contributed by atoms with E-state index in [-0.39, 0.29) is 12.0 Å². The zero-order valence-electron chi connectivity index (χ0n) is 11.0. The number of thiazole rings is 1. The first-order valence-electron chi connectivity index (χ1n) is 6.11. The number of aliphatic hydroxyl groups excluding tert-OH is 1. The van der Waals surface area contributed by atoms with Gasteiger partial charge < -0.3 is 14.9 Å². The summed E-state index contributed by atoms with van der Waals surface area (Å²) >= 11 is 1.43. The lowest BCUT2D eigenvalue weighted by molar-refractivity contribution is 0.0550. The fourth-order valence-corrected chi connectivity index (χ4v) is 2.94. The van der Waals surface area contributed by atoms with Crippen molar-refractivity contribution < 1.29 is 9.90 Å². The topological polar surface area (TPSA) is 56.7 Å². The second-order valence-corrected chi connectivity index (χ2v) is 5.81. The van der Waals surface area contributed by atoms with Gasteiger partial charge in [0.05, 0.1) is 11.8 Å². The van der Waals surface area contributed by atoms with Crippen molar-refractivity contribution in [1.82, 2.24) is 9.88 Å². The number of carbonyl (C=O) groups excluding carboxylic acids is 1. The summed E-state index contributed by atoms with van der Waals surface area (Å²) in [4.78, 5) is 21.2. The second-order valence-electron chi connectivity index (χ2n) is 4.83. The highest BCUT2D eigenvalue weighted by Gasteiger charge is 2.25. The largest absolute Gasteiger partial charge is 0.393 e. The Morgan fingerprint density at radius 1 is 1.44 bits per heavy atom. The molecule has 18 heavy (non-hydrogen) atoms. The average molecular weight is 269 g/mol. The van der Waals surface area contributed by atoms with E-state index in [0.717, 1.165) is 15.7 Å². The lowest BCUT2D eigenvalue weighted by Crippen LogP contribution is -2.39. The van der Waals surface area contributed by atoms with Crippen LogP contribution in [-0.4, -0.2) is 54.2 Å². The maximum absolute atomic E-state index is 12.4. The third-order valence-corrected chi connectivity index (χ3v) is 4.43. The molecule has 1 N–H and O–H groups in total. The number of anilines is 1. The van der Waals surface area contributed by atoms with Crippen LogP contribution in [0.3, 0.4) is 0 Å². The number of likely N-dealkylation sites (tertiary alicyclic amines) is 1. The minimum Gasteiger partial charge on any atom is -0.393 e. The SMILES string of the molecule is Cc1nc(N(C)C)sc1C(=O)N1CCC(O)CC1. The van der Waals surface area contributed by atoms with Crippen LogP contribution in [0.1, 0.15) is 28.2 Å². The van der Waals surface area contributed by atoms with Crippen LogP contribution in [0.2, 0.25) is 0 Å². The third kappa shape index (κ3) is 2.64. The molecule has 1 aliphatic heterocycles. The highest BCUT2D eigenvalue weighted by molar-refractivity contribution is 7.17. The number of hydrogen-bond acceptors (Lipinski definition) is 5. The molecule has 0 bridgehead atoms. The Morgan fingerprint density at radius 3 is 2.56 bits per heavy atom. The van der Waals surface area contributed by atoms with Crippen LogP contribution in [0.5, 0.6) is 0 Å². The van der Waals surface area contributed by atoms with Gasteiger partial charge in [0, 0.05) is 27.2 Å². The molecule has 2 rings (SSSR count). The molecule has 100 valence electrons. The van der Waals surface area contributed by atoms with Gasteiger partial charge in [-0.2, -0.15) is 0 Å². The summed E-state index contributed by atoms with van der Waals surface area (Å²) < 4.78 is 0. The van der Waals surface area contributed by atoms with Gasteiger partial charge in [0.2, 0.25) is 0 Å². The summed E-state index contributed by atoms with van der Waals surface area (Å²) in [6.07, 6.45) is 1.09. The van der Waals surface area contributed by atoms with E-state index in [4.69, 9.17) is 0 Å². The van der Waals surface area contributed by atoms with E-state index in [0.29, 0.717) is 25.9 Å². The van der Waals surface area contributed by atoms with Crippen LogP contribution in [-0.2, 0) is 0 Å². The maximum Gasteiger partial charge on any atom is 0.265 e. The number of aryl methyl sites for hydroxylation is 1. The number of nitrogens with zero attached hydrogens (tertiary/aromatic N) is 3. The molecule has 1 aromatic rings. The minimum absolute atomic E-state index is 0.0463. The maximum atomic E-state index is 12.4. The van der Waals surface area contributed by atoms with Crippen molar-refractivity contribution in [3.8, 4) is 0 Å². The van der Waals surface area contributed by atoms with E-state index < -0.39 is 0 Å². The number of hydrogen-bond donors (Lipinski definition) is 1. The molecule has 0 radical (unpaired) electrons. The fraction of sp³-hybridized carbons (Fsp3) is 0.667. The molecular weight excluding hydrogens is 250 g/mol. The van der Waals surface area contributed by atoms with Crippen molar-refractivity contribution in [3.63, 3.8) is 0 Å². The zero-order valence-corrected chi connectivity index (χ0v) is 11.8. The molecule has 0 saturated carbocycles. The molecule has 5 nitrogen and oxygen atoms in total. The van der Waals surface area contributed by atoms with Crippen molar-refractivity contribution in [3.05, 3.63) is 10.6 Å². The van der Waals surface area contributed by atoms with E-state index in [1.165, 1.54) is 11.3 Å². The summed E-state index contributed by atoms with van der Waals surface area (Å²) in [5.74, 6) is 0.0463. The van der Waals surface area contributed by atoms with E-state index >= 15 is 0 Å². The first-order chi connectivity index (χ1) is 8.49. The Kier molecular flexibility index (Phi) is 3.87. The van der Waals surface area contributed by atoms with E-state index in [1.54, 1.807) is 0 Å². The van der Waals surface area contributed by atoms with Gasteiger partial charge in [-0.1, -0.05) is 11.3 Å². The zero-order chi connectivity index (χ0) is 13.3. The highest BCUT2D eigenvalue weighted by atomic mass is 32.1. The van der Waals surface area contributed by atoms with Crippen molar-refractivity contribution >= 4 is 22.4 Å². The molecule has 1 fully saturated rings. The lowest BCUT2D eigenvalue weighted by Gasteiger charge is -2.29. The summed E-state index contributed by atoms with van der Waals surface area (Å²) in [5.41, 5.74) is 0.792. The van der Waals surface area contributed by atoms with Gasteiger partial charge >= 0.3 is 0 Å². The molecule has 1 aliphatic rings. The normalized spacial score (nSPS) is 17.0. The lowest BCUT2D eigenvalue weighted by atomic mass is 10.1. The van der Waals surface area contributed by atoms with E-state index in [2.05, 4.69) is 4.98 Å². The van der Waals surface area contributed by atoms with Gasteiger partial charge in [-0.25, -0.2) is 4.98 Å². The van der Waals surface area contributed by atoms with Crippen LogP contribution in [0, 0.1) is 6.92 Å². The molecule has 0 spiro atoms.